The summed E-state index contributed by atoms with van der Waals surface area (Å²) in [4.78, 5) is 26.1. The summed E-state index contributed by atoms with van der Waals surface area (Å²) in [7, 11) is 0. The number of aliphatic hydroxyl groups excluding tert-OH is 2. The van der Waals surface area contributed by atoms with Crippen LogP contribution in [0.5, 0.6) is 0 Å². The molecule has 0 fully saturated rings. The average Bonchev–Trinajstić information content (AvgIpc) is 3.24. The van der Waals surface area contributed by atoms with E-state index in [1.807, 2.05) is 0 Å². The average molecular weight is 834 g/mol. The maximum Gasteiger partial charge on any atom is 0.306 e. The van der Waals surface area contributed by atoms with Gasteiger partial charge in [-0.2, -0.15) is 0 Å². The fourth-order valence-corrected chi connectivity index (χ4v) is 6.81. The van der Waals surface area contributed by atoms with E-state index in [-0.39, 0.29) is 24.9 Å². The van der Waals surface area contributed by atoms with E-state index in [0.29, 0.717) is 19.3 Å². The number of amides is 1. The number of carbonyl (C=O) groups is 2. The third kappa shape index (κ3) is 41.5. The molecule has 3 atom stereocenters. The molecule has 0 heterocycles. The number of hydrogen-bond donors (Lipinski definition) is 3. The van der Waals surface area contributed by atoms with Crippen LogP contribution in [0, 0.1) is 0 Å². The van der Waals surface area contributed by atoms with Gasteiger partial charge in [-0.25, -0.2) is 0 Å². The van der Waals surface area contributed by atoms with E-state index in [0.717, 1.165) is 122 Å². The first-order valence-corrected chi connectivity index (χ1v) is 24.5. The van der Waals surface area contributed by atoms with Crippen molar-refractivity contribution in [3.05, 3.63) is 97.2 Å². The van der Waals surface area contributed by atoms with Crippen LogP contribution in [0.3, 0.4) is 0 Å². The SMILES string of the molecule is CC/C=C\C/C=C\C/C=C\C/C=C\C/C=C\CCCCCC(=O)OC(CCCCCCC/C=C/C=C/C=C/CC)CC(=O)NC(CO)C(O)CCCCCCCCCCC. The smallest absolute Gasteiger partial charge is 0.306 e. The van der Waals surface area contributed by atoms with Crippen LogP contribution in [0.2, 0.25) is 0 Å². The van der Waals surface area contributed by atoms with E-state index >= 15 is 0 Å². The Kier molecular flexibility index (Phi) is 44.3. The van der Waals surface area contributed by atoms with E-state index in [4.69, 9.17) is 4.74 Å². The number of esters is 1. The zero-order valence-electron chi connectivity index (χ0n) is 38.8. The molecule has 0 aliphatic rings. The number of ether oxygens (including phenoxy) is 1. The van der Waals surface area contributed by atoms with E-state index < -0.39 is 18.2 Å². The molecular weight excluding hydrogens is 743 g/mol. The van der Waals surface area contributed by atoms with Crippen LogP contribution < -0.4 is 5.32 Å². The highest BCUT2D eigenvalue weighted by Crippen LogP contribution is 2.17. The van der Waals surface area contributed by atoms with Crippen molar-refractivity contribution in [2.24, 2.45) is 0 Å². The molecule has 0 aromatic heterocycles. The van der Waals surface area contributed by atoms with Crippen molar-refractivity contribution in [3.63, 3.8) is 0 Å². The third-order valence-electron chi connectivity index (χ3n) is 10.5. The maximum atomic E-state index is 13.2. The van der Waals surface area contributed by atoms with Gasteiger partial charge in [-0.1, -0.05) is 201 Å². The van der Waals surface area contributed by atoms with Gasteiger partial charge in [-0.3, -0.25) is 9.59 Å². The lowest BCUT2D eigenvalue weighted by molar-refractivity contribution is -0.151. The van der Waals surface area contributed by atoms with Crippen molar-refractivity contribution >= 4 is 11.9 Å². The molecule has 0 aliphatic heterocycles. The van der Waals surface area contributed by atoms with Crippen LogP contribution in [-0.2, 0) is 14.3 Å². The predicted octanol–water partition coefficient (Wildman–Crippen LogP) is 14.6. The second kappa shape index (κ2) is 46.8. The predicted molar refractivity (Wildman–Crippen MR) is 259 cm³/mol. The molecule has 0 rings (SSSR count). The zero-order chi connectivity index (χ0) is 43.8. The van der Waals surface area contributed by atoms with E-state index in [9.17, 15) is 19.8 Å². The first-order valence-electron chi connectivity index (χ1n) is 24.5. The minimum absolute atomic E-state index is 0.0445. The Labute approximate surface area is 369 Å². The van der Waals surface area contributed by atoms with Gasteiger partial charge >= 0.3 is 5.97 Å². The molecule has 3 unspecified atom stereocenters. The molecule has 6 nitrogen and oxygen atoms in total. The van der Waals surface area contributed by atoms with Gasteiger partial charge in [-0.15, -0.1) is 0 Å². The van der Waals surface area contributed by atoms with Crippen LogP contribution in [0.1, 0.15) is 207 Å². The minimum Gasteiger partial charge on any atom is -0.462 e. The lowest BCUT2D eigenvalue weighted by Crippen LogP contribution is -2.46. The lowest BCUT2D eigenvalue weighted by Gasteiger charge is -2.24. The highest BCUT2D eigenvalue weighted by molar-refractivity contribution is 5.77. The molecule has 0 radical (unpaired) electrons. The van der Waals surface area contributed by atoms with Crippen molar-refractivity contribution in [1.82, 2.24) is 5.32 Å². The van der Waals surface area contributed by atoms with Gasteiger partial charge in [0.2, 0.25) is 5.91 Å². The van der Waals surface area contributed by atoms with Gasteiger partial charge in [0.25, 0.3) is 0 Å². The van der Waals surface area contributed by atoms with E-state index in [1.165, 1.54) is 38.5 Å². The molecule has 0 aromatic rings. The number of allylic oxidation sites excluding steroid dienone is 16. The number of nitrogens with one attached hydrogen (secondary N) is 1. The van der Waals surface area contributed by atoms with Gasteiger partial charge in [0.05, 0.1) is 25.2 Å². The van der Waals surface area contributed by atoms with Crippen molar-refractivity contribution in [2.45, 2.75) is 225 Å². The molecule has 1 amide bonds. The van der Waals surface area contributed by atoms with Crippen molar-refractivity contribution in [3.8, 4) is 0 Å². The Morgan fingerprint density at radius 2 is 0.983 bits per heavy atom. The molecular formula is C54H91NO5. The summed E-state index contributed by atoms with van der Waals surface area (Å²) in [5.74, 6) is -0.543. The summed E-state index contributed by atoms with van der Waals surface area (Å²) < 4.78 is 5.90. The molecule has 0 bridgehead atoms. The molecule has 3 N–H and O–H groups in total. The molecule has 0 spiro atoms. The van der Waals surface area contributed by atoms with E-state index in [2.05, 4.69) is 123 Å². The fourth-order valence-electron chi connectivity index (χ4n) is 6.81. The summed E-state index contributed by atoms with van der Waals surface area (Å²) in [6.45, 7) is 6.19. The summed E-state index contributed by atoms with van der Waals surface area (Å²) in [5, 5.41) is 23.6. The Bertz CT molecular complexity index is 1210. The van der Waals surface area contributed by atoms with Gasteiger partial charge in [-0.05, 0) is 89.9 Å². The standard InChI is InChI=1S/C54H91NO5/c1-4-7-10-13-16-19-21-23-24-25-26-27-28-30-32-35-38-41-44-47-54(59)60-50(45-42-39-36-34-31-29-22-20-17-14-11-8-5-2)48-53(58)55-51(49-56)52(57)46-43-40-37-33-18-15-12-9-6-3/h7-8,10-11,14,16-17,19-20,22-24,26-27,30,32,50-52,56-57H,4-6,9,12-13,15,18,21,25,28-29,31,33-49H2,1-3H3,(H,55,58)/b10-7-,11-8+,17-14+,19-16-,22-20+,24-23-,27-26-,32-30-. The quantitative estimate of drug-likeness (QED) is 0.0246. The normalized spacial score (nSPS) is 14.2. The van der Waals surface area contributed by atoms with Crippen LogP contribution in [0.15, 0.2) is 97.2 Å². The first-order chi connectivity index (χ1) is 29.5. The van der Waals surface area contributed by atoms with Gasteiger partial charge in [0.1, 0.15) is 6.10 Å². The molecule has 0 saturated carbocycles. The topological polar surface area (TPSA) is 95.9 Å². The largest absolute Gasteiger partial charge is 0.462 e. The lowest BCUT2D eigenvalue weighted by atomic mass is 10.0. The number of rotatable bonds is 42. The van der Waals surface area contributed by atoms with Crippen LogP contribution in [-0.4, -0.2) is 46.9 Å². The van der Waals surface area contributed by atoms with Gasteiger partial charge < -0.3 is 20.3 Å². The zero-order valence-corrected chi connectivity index (χ0v) is 38.8. The number of aliphatic hydroxyl groups is 2. The van der Waals surface area contributed by atoms with E-state index in [1.54, 1.807) is 0 Å². The van der Waals surface area contributed by atoms with Crippen molar-refractivity contribution in [1.29, 1.82) is 0 Å². The van der Waals surface area contributed by atoms with Crippen LogP contribution in [0.4, 0.5) is 0 Å². The van der Waals surface area contributed by atoms with Gasteiger partial charge in [0, 0.05) is 6.42 Å². The Hall–Kier alpha value is -3.22. The highest BCUT2D eigenvalue weighted by atomic mass is 16.5. The monoisotopic (exact) mass is 834 g/mol. The second-order valence-corrected chi connectivity index (χ2v) is 16.2. The second-order valence-electron chi connectivity index (χ2n) is 16.2. The molecule has 342 valence electrons. The summed E-state index contributed by atoms with van der Waals surface area (Å²) in [5.41, 5.74) is 0. The molecule has 6 heteroatoms. The molecule has 0 aliphatic carbocycles. The van der Waals surface area contributed by atoms with Crippen molar-refractivity contribution in [2.75, 3.05) is 6.61 Å². The highest BCUT2D eigenvalue weighted by Gasteiger charge is 2.24. The fraction of sp³-hybridized carbons (Fsp3) is 0.667. The number of hydrogen-bond acceptors (Lipinski definition) is 5. The summed E-state index contributed by atoms with van der Waals surface area (Å²) >= 11 is 0. The summed E-state index contributed by atoms with van der Waals surface area (Å²) in [6.07, 6.45) is 61.8. The maximum absolute atomic E-state index is 13.2. The molecule has 60 heavy (non-hydrogen) atoms. The number of unbranched alkanes of at least 4 members (excludes halogenated alkanes) is 16. The molecule has 0 aromatic carbocycles. The third-order valence-corrected chi connectivity index (χ3v) is 10.5. The van der Waals surface area contributed by atoms with Crippen molar-refractivity contribution < 1.29 is 24.5 Å². The first kappa shape index (κ1) is 56.8. The molecule has 0 saturated heterocycles. The van der Waals surface area contributed by atoms with Crippen LogP contribution >= 0.6 is 0 Å². The Balaban J connectivity index is 4.67. The Morgan fingerprint density at radius 1 is 0.517 bits per heavy atom. The summed E-state index contributed by atoms with van der Waals surface area (Å²) in [6, 6.07) is -0.719. The minimum atomic E-state index is -0.803. The van der Waals surface area contributed by atoms with Gasteiger partial charge in [0.15, 0.2) is 0 Å². The number of carbonyl (C=O) groups excluding carboxylic acids is 2. The Morgan fingerprint density at radius 3 is 1.55 bits per heavy atom. The van der Waals surface area contributed by atoms with Crippen LogP contribution in [0.25, 0.3) is 0 Å².